The number of carbonyl (C=O) groups excluding carboxylic acids is 1. The molecular formula is C25H26FN3O3S. The molecular weight excluding hydrogens is 441 g/mol. The van der Waals surface area contributed by atoms with E-state index in [1.165, 1.54) is 12.1 Å². The number of amides is 2. The minimum Gasteiger partial charge on any atom is -0.320 e. The average molecular weight is 468 g/mol. The number of nitrogens with one attached hydrogen (secondary N) is 1. The summed E-state index contributed by atoms with van der Waals surface area (Å²) in [6.45, 7) is 5.42. The van der Waals surface area contributed by atoms with Gasteiger partial charge in [0.05, 0.1) is 4.90 Å². The summed E-state index contributed by atoms with van der Waals surface area (Å²) in [6, 6.07) is 18.4. The van der Waals surface area contributed by atoms with Gasteiger partial charge in [0.15, 0.2) is 0 Å². The number of nitrogens with zero attached hydrogens (tertiary/aromatic N) is 2. The second kappa shape index (κ2) is 9.23. The number of carbonyl (C=O) groups is 1. The first kappa shape index (κ1) is 22.8. The third-order valence-corrected chi connectivity index (χ3v) is 7.03. The van der Waals surface area contributed by atoms with Gasteiger partial charge in [0.1, 0.15) is 5.82 Å². The van der Waals surface area contributed by atoms with Crippen LogP contribution in [0.3, 0.4) is 0 Å². The fourth-order valence-electron chi connectivity index (χ4n) is 3.86. The van der Waals surface area contributed by atoms with Gasteiger partial charge in [-0.25, -0.2) is 17.6 Å². The highest BCUT2D eigenvalue weighted by Crippen LogP contribution is 2.25. The molecule has 6 nitrogen and oxygen atoms in total. The lowest BCUT2D eigenvalue weighted by Crippen LogP contribution is -2.49. The zero-order valence-electron chi connectivity index (χ0n) is 18.6. The molecule has 1 aliphatic heterocycles. The molecule has 1 fully saturated rings. The molecule has 172 valence electrons. The maximum atomic E-state index is 13.8. The SMILES string of the molecule is Cc1cccc(CN2CCCN(c3ccc(NS(=O)(=O)c4ccc(C)c(F)c4)cc3)C2=O)c1. The van der Waals surface area contributed by atoms with Crippen molar-refractivity contribution in [2.45, 2.75) is 31.7 Å². The summed E-state index contributed by atoms with van der Waals surface area (Å²) in [5.41, 5.74) is 3.64. The van der Waals surface area contributed by atoms with Crippen LogP contribution in [0.25, 0.3) is 0 Å². The van der Waals surface area contributed by atoms with Crippen molar-refractivity contribution in [1.29, 1.82) is 0 Å². The predicted octanol–water partition coefficient (Wildman–Crippen LogP) is 5.08. The maximum Gasteiger partial charge on any atom is 0.324 e. The van der Waals surface area contributed by atoms with Crippen molar-refractivity contribution in [3.8, 4) is 0 Å². The van der Waals surface area contributed by atoms with E-state index in [1.54, 1.807) is 36.1 Å². The standard InChI is InChI=1S/C25H26FN3O3S/c1-18-5-3-6-20(15-18)17-28-13-4-14-29(25(28)30)22-10-8-21(9-11-22)27-33(31,32)23-12-7-19(2)24(26)16-23/h3,5-12,15-16,27H,4,13-14,17H2,1-2H3. The van der Waals surface area contributed by atoms with Crippen molar-refractivity contribution in [3.63, 3.8) is 0 Å². The zero-order chi connectivity index (χ0) is 23.6. The van der Waals surface area contributed by atoms with Gasteiger partial charge in [0.25, 0.3) is 10.0 Å². The number of anilines is 2. The second-order valence-corrected chi connectivity index (χ2v) is 9.94. The first-order chi connectivity index (χ1) is 15.7. The third-order valence-electron chi connectivity index (χ3n) is 5.65. The van der Waals surface area contributed by atoms with Crippen LogP contribution in [0.4, 0.5) is 20.6 Å². The monoisotopic (exact) mass is 467 g/mol. The highest BCUT2D eigenvalue weighted by Gasteiger charge is 2.27. The van der Waals surface area contributed by atoms with E-state index in [-0.39, 0.29) is 10.9 Å². The Balaban J connectivity index is 1.47. The number of halogens is 1. The molecule has 0 radical (unpaired) electrons. The van der Waals surface area contributed by atoms with Crippen LogP contribution in [0, 0.1) is 19.7 Å². The summed E-state index contributed by atoms with van der Waals surface area (Å²) in [5.74, 6) is -0.577. The minimum absolute atomic E-state index is 0.0776. The highest BCUT2D eigenvalue weighted by molar-refractivity contribution is 7.92. The summed E-state index contributed by atoms with van der Waals surface area (Å²) < 4.78 is 41.5. The first-order valence-corrected chi connectivity index (χ1v) is 12.2. The van der Waals surface area contributed by atoms with Crippen LogP contribution >= 0.6 is 0 Å². The van der Waals surface area contributed by atoms with Crippen LogP contribution in [-0.4, -0.2) is 32.4 Å². The van der Waals surface area contributed by atoms with Crippen LogP contribution in [-0.2, 0) is 16.6 Å². The largest absolute Gasteiger partial charge is 0.324 e. The molecule has 3 aromatic rings. The normalized spacial score (nSPS) is 14.5. The van der Waals surface area contributed by atoms with Gasteiger partial charge in [0.2, 0.25) is 0 Å². The van der Waals surface area contributed by atoms with E-state index in [9.17, 15) is 17.6 Å². The van der Waals surface area contributed by atoms with Crippen LogP contribution in [0.1, 0.15) is 23.1 Å². The Morgan fingerprint density at radius 3 is 2.42 bits per heavy atom. The van der Waals surface area contributed by atoms with E-state index in [2.05, 4.69) is 10.8 Å². The maximum absolute atomic E-state index is 13.8. The van der Waals surface area contributed by atoms with Gasteiger partial charge in [0, 0.05) is 31.0 Å². The molecule has 8 heteroatoms. The summed E-state index contributed by atoms with van der Waals surface area (Å²) in [4.78, 5) is 16.5. The molecule has 1 N–H and O–H groups in total. The van der Waals surface area contributed by atoms with Crippen LogP contribution in [0.15, 0.2) is 71.6 Å². The quantitative estimate of drug-likeness (QED) is 0.550. The first-order valence-electron chi connectivity index (χ1n) is 10.7. The molecule has 0 bridgehead atoms. The van der Waals surface area contributed by atoms with Crippen LogP contribution < -0.4 is 9.62 Å². The Morgan fingerprint density at radius 1 is 0.970 bits per heavy atom. The Hall–Kier alpha value is -3.39. The molecule has 1 saturated heterocycles. The van der Waals surface area contributed by atoms with Crippen molar-refractivity contribution >= 4 is 27.4 Å². The lowest BCUT2D eigenvalue weighted by Gasteiger charge is -2.35. The van der Waals surface area contributed by atoms with Gasteiger partial charge in [-0.3, -0.25) is 9.62 Å². The van der Waals surface area contributed by atoms with E-state index >= 15 is 0 Å². The number of urea groups is 1. The van der Waals surface area contributed by atoms with Gasteiger partial charge >= 0.3 is 6.03 Å². The second-order valence-electron chi connectivity index (χ2n) is 8.26. The van der Waals surface area contributed by atoms with E-state index in [4.69, 9.17) is 0 Å². The molecule has 0 unspecified atom stereocenters. The van der Waals surface area contributed by atoms with Gasteiger partial charge in [-0.2, -0.15) is 0 Å². The van der Waals surface area contributed by atoms with Crippen molar-refractivity contribution in [1.82, 2.24) is 4.90 Å². The fraction of sp³-hybridized carbons (Fsp3) is 0.240. The number of rotatable bonds is 6. The minimum atomic E-state index is -3.93. The molecule has 3 aromatic carbocycles. The van der Waals surface area contributed by atoms with Crippen LogP contribution in [0.2, 0.25) is 0 Å². The molecule has 0 spiro atoms. The average Bonchev–Trinajstić information content (AvgIpc) is 2.77. The van der Waals surface area contributed by atoms with E-state index in [0.717, 1.165) is 23.6 Å². The summed E-state index contributed by atoms with van der Waals surface area (Å²) in [5, 5.41) is 0. The zero-order valence-corrected chi connectivity index (χ0v) is 19.4. The lowest BCUT2D eigenvalue weighted by atomic mass is 10.1. The summed E-state index contributed by atoms with van der Waals surface area (Å²) in [7, 11) is -3.93. The fourth-order valence-corrected chi connectivity index (χ4v) is 4.93. The van der Waals surface area contributed by atoms with Crippen molar-refractivity contribution in [3.05, 3.63) is 89.2 Å². The summed E-state index contributed by atoms with van der Waals surface area (Å²) >= 11 is 0. The Labute approximate surface area is 193 Å². The number of hydrogen-bond donors (Lipinski definition) is 1. The molecule has 1 aliphatic rings. The number of hydrogen-bond acceptors (Lipinski definition) is 3. The number of benzene rings is 3. The van der Waals surface area contributed by atoms with Crippen molar-refractivity contribution in [2.75, 3.05) is 22.7 Å². The number of aryl methyl sites for hydroxylation is 2. The molecule has 2 amide bonds. The molecule has 0 saturated carbocycles. The Kier molecular flexibility index (Phi) is 6.37. The van der Waals surface area contributed by atoms with Gasteiger partial charge < -0.3 is 4.90 Å². The molecule has 4 rings (SSSR count). The lowest BCUT2D eigenvalue weighted by molar-refractivity contribution is 0.192. The third kappa shape index (κ3) is 5.17. The van der Waals surface area contributed by atoms with Crippen molar-refractivity contribution < 1.29 is 17.6 Å². The molecule has 0 atom stereocenters. The molecule has 0 aromatic heterocycles. The molecule has 33 heavy (non-hydrogen) atoms. The summed E-state index contributed by atoms with van der Waals surface area (Å²) in [6.07, 6.45) is 0.838. The van der Waals surface area contributed by atoms with Gasteiger partial charge in [-0.05, 0) is 67.8 Å². The van der Waals surface area contributed by atoms with E-state index < -0.39 is 15.8 Å². The van der Waals surface area contributed by atoms with Crippen LogP contribution in [0.5, 0.6) is 0 Å². The predicted molar refractivity (Wildman–Crippen MR) is 127 cm³/mol. The smallest absolute Gasteiger partial charge is 0.320 e. The molecule has 0 aliphatic carbocycles. The Morgan fingerprint density at radius 2 is 1.73 bits per heavy atom. The van der Waals surface area contributed by atoms with Gasteiger partial charge in [-0.15, -0.1) is 0 Å². The Bertz CT molecular complexity index is 1280. The van der Waals surface area contributed by atoms with Crippen molar-refractivity contribution in [2.24, 2.45) is 0 Å². The van der Waals surface area contributed by atoms with E-state index in [0.29, 0.717) is 36.6 Å². The molecule has 1 heterocycles. The number of sulfonamides is 1. The topological polar surface area (TPSA) is 69.7 Å². The van der Waals surface area contributed by atoms with Gasteiger partial charge in [-0.1, -0.05) is 35.9 Å². The highest BCUT2D eigenvalue weighted by atomic mass is 32.2. The van der Waals surface area contributed by atoms with E-state index in [1.807, 2.05) is 30.0 Å².